The maximum atomic E-state index is 11.8. The number of nitrogens with zero attached hydrogens (tertiary/aromatic N) is 2. The lowest BCUT2D eigenvalue weighted by atomic mass is 10.1. The highest BCUT2D eigenvalue weighted by Gasteiger charge is 2.01. The molecular weight excluding hydrogens is 416 g/mol. The maximum absolute atomic E-state index is 11.8. The second-order valence-corrected chi connectivity index (χ2v) is 8.05. The number of hydrogen-bond donors (Lipinski definition) is 4. The summed E-state index contributed by atoms with van der Waals surface area (Å²) in [6, 6.07) is 7.63. The third kappa shape index (κ3) is 13.8. The van der Waals surface area contributed by atoms with Gasteiger partial charge in [0.05, 0.1) is 0 Å². The fourth-order valence-electron chi connectivity index (χ4n) is 3.40. The smallest absolute Gasteiger partial charge is 0.314 e. The van der Waals surface area contributed by atoms with Crippen molar-refractivity contribution in [2.45, 2.75) is 57.8 Å². The molecule has 2 aromatic rings. The van der Waals surface area contributed by atoms with Gasteiger partial charge in [-0.3, -0.25) is 9.97 Å². The molecule has 180 valence electrons. The zero-order chi connectivity index (χ0) is 23.4. The Balaban J connectivity index is 1.30. The fourth-order valence-corrected chi connectivity index (χ4v) is 3.40. The summed E-state index contributed by atoms with van der Waals surface area (Å²) in [7, 11) is 0. The van der Waals surface area contributed by atoms with Gasteiger partial charge in [-0.2, -0.15) is 0 Å². The van der Waals surface area contributed by atoms with Crippen LogP contribution in [0.3, 0.4) is 0 Å². The summed E-state index contributed by atoms with van der Waals surface area (Å²) in [5.74, 6) is 0. The van der Waals surface area contributed by atoms with E-state index in [1.54, 1.807) is 24.8 Å². The van der Waals surface area contributed by atoms with E-state index in [0.29, 0.717) is 26.2 Å². The Morgan fingerprint density at radius 3 is 1.24 bits per heavy atom. The van der Waals surface area contributed by atoms with Gasteiger partial charge in [-0.25, -0.2) is 9.59 Å². The first-order chi connectivity index (χ1) is 16.2. The van der Waals surface area contributed by atoms with Gasteiger partial charge in [-0.1, -0.05) is 32.1 Å². The van der Waals surface area contributed by atoms with E-state index in [9.17, 15) is 9.59 Å². The minimum Gasteiger partial charge on any atom is -0.338 e. The topological polar surface area (TPSA) is 108 Å². The highest BCUT2D eigenvalue weighted by atomic mass is 16.2. The molecule has 8 nitrogen and oxygen atoms in total. The Bertz CT molecular complexity index is 707. The summed E-state index contributed by atoms with van der Waals surface area (Å²) in [6.45, 7) is 2.67. The van der Waals surface area contributed by atoms with Gasteiger partial charge >= 0.3 is 12.1 Å². The average molecular weight is 455 g/mol. The van der Waals surface area contributed by atoms with Crippen LogP contribution < -0.4 is 21.3 Å². The van der Waals surface area contributed by atoms with E-state index < -0.39 is 0 Å². The summed E-state index contributed by atoms with van der Waals surface area (Å²) in [5, 5.41) is 11.6. The summed E-state index contributed by atoms with van der Waals surface area (Å²) < 4.78 is 0. The molecule has 0 unspecified atom stereocenters. The van der Waals surface area contributed by atoms with E-state index in [4.69, 9.17) is 0 Å². The lowest BCUT2D eigenvalue weighted by molar-refractivity contribution is 0.240. The van der Waals surface area contributed by atoms with Crippen LogP contribution in [0.2, 0.25) is 0 Å². The predicted octanol–water partition coefficient (Wildman–Crippen LogP) is 3.59. The van der Waals surface area contributed by atoms with E-state index in [2.05, 4.69) is 31.2 Å². The number of rotatable bonds is 16. The first kappa shape index (κ1) is 26.1. The molecule has 0 aliphatic carbocycles. The number of carbonyl (C=O) groups is 2. The first-order valence-corrected chi connectivity index (χ1v) is 12.1. The fraction of sp³-hybridized carbons (Fsp3) is 0.520. The van der Waals surface area contributed by atoms with E-state index in [-0.39, 0.29) is 12.1 Å². The van der Waals surface area contributed by atoms with Crippen LogP contribution in [0.4, 0.5) is 9.59 Å². The summed E-state index contributed by atoms with van der Waals surface area (Å²) >= 11 is 0. The lowest BCUT2D eigenvalue weighted by Crippen LogP contribution is -2.37. The maximum Gasteiger partial charge on any atom is 0.314 e. The third-order valence-electron chi connectivity index (χ3n) is 5.32. The van der Waals surface area contributed by atoms with Gasteiger partial charge in [0.15, 0.2) is 0 Å². The zero-order valence-electron chi connectivity index (χ0n) is 19.5. The summed E-state index contributed by atoms with van der Waals surface area (Å²) in [4.78, 5) is 31.5. The van der Waals surface area contributed by atoms with Crippen molar-refractivity contribution in [1.29, 1.82) is 0 Å². The van der Waals surface area contributed by atoms with Crippen molar-refractivity contribution < 1.29 is 9.59 Å². The molecule has 0 bridgehead atoms. The molecule has 33 heavy (non-hydrogen) atoms. The van der Waals surface area contributed by atoms with Gasteiger partial charge in [-0.15, -0.1) is 0 Å². The number of carbonyl (C=O) groups excluding carboxylic acids is 2. The van der Waals surface area contributed by atoms with Gasteiger partial charge in [-0.05, 0) is 61.1 Å². The van der Waals surface area contributed by atoms with E-state index in [1.807, 2.05) is 24.3 Å². The molecule has 8 heteroatoms. The zero-order valence-corrected chi connectivity index (χ0v) is 19.5. The minimum atomic E-state index is -0.0991. The number of hydrogen-bond acceptors (Lipinski definition) is 4. The molecular formula is C25H38N6O2. The normalized spacial score (nSPS) is 10.4. The van der Waals surface area contributed by atoms with Gasteiger partial charge in [0.2, 0.25) is 0 Å². The Kier molecular flexibility index (Phi) is 13.8. The van der Waals surface area contributed by atoms with Crippen LogP contribution in [0.25, 0.3) is 0 Å². The molecule has 0 atom stereocenters. The van der Waals surface area contributed by atoms with Crippen molar-refractivity contribution in [3.8, 4) is 0 Å². The molecule has 2 aromatic heterocycles. The second kappa shape index (κ2) is 17.4. The number of nitrogens with one attached hydrogen (secondary N) is 4. The molecule has 0 aliphatic rings. The second-order valence-electron chi connectivity index (χ2n) is 8.05. The van der Waals surface area contributed by atoms with Crippen molar-refractivity contribution in [2.24, 2.45) is 0 Å². The third-order valence-corrected chi connectivity index (χ3v) is 5.32. The number of pyridine rings is 2. The molecule has 2 rings (SSSR count). The number of aromatic nitrogens is 2. The Morgan fingerprint density at radius 2 is 0.848 bits per heavy atom. The highest BCUT2D eigenvalue weighted by molar-refractivity contribution is 5.74. The van der Waals surface area contributed by atoms with Crippen molar-refractivity contribution in [3.63, 3.8) is 0 Å². The Hall–Kier alpha value is -3.16. The number of urea groups is 2. The Labute approximate surface area is 197 Å². The quantitative estimate of drug-likeness (QED) is 0.291. The molecule has 2 heterocycles. The lowest BCUT2D eigenvalue weighted by Gasteiger charge is -2.08. The van der Waals surface area contributed by atoms with Crippen molar-refractivity contribution >= 4 is 12.1 Å². The van der Waals surface area contributed by atoms with Gasteiger partial charge in [0.1, 0.15) is 0 Å². The minimum absolute atomic E-state index is 0.0991. The number of unbranched alkanes of at least 4 members (excludes halogenated alkanes) is 6. The predicted molar refractivity (Wildman–Crippen MR) is 131 cm³/mol. The van der Waals surface area contributed by atoms with Crippen LogP contribution in [0.5, 0.6) is 0 Å². The van der Waals surface area contributed by atoms with E-state index in [1.165, 1.54) is 30.4 Å². The number of amides is 4. The van der Waals surface area contributed by atoms with Crippen LogP contribution in [-0.4, -0.2) is 48.2 Å². The van der Waals surface area contributed by atoms with Crippen LogP contribution in [0.15, 0.2) is 49.1 Å². The van der Waals surface area contributed by atoms with E-state index in [0.717, 1.165) is 38.5 Å². The standard InChI is InChI=1S/C25H38N6O2/c32-24(30-20-12-22-8-16-26-17-9-22)28-14-6-4-2-1-3-5-7-15-29-25(33)31-21-13-23-10-18-27-19-11-23/h8-11,16-19H,1-7,12-15,20-21H2,(H2,28,30,32)(H2,29,31,33). The molecule has 0 aromatic carbocycles. The van der Waals surface area contributed by atoms with E-state index >= 15 is 0 Å². The molecule has 0 radical (unpaired) electrons. The molecule has 0 spiro atoms. The van der Waals surface area contributed by atoms with Gasteiger partial charge in [0.25, 0.3) is 0 Å². The average Bonchev–Trinajstić information content (AvgIpc) is 2.84. The van der Waals surface area contributed by atoms with Crippen molar-refractivity contribution in [1.82, 2.24) is 31.2 Å². The van der Waals surface area contributed by atoms with Crippen molar-refractivity contribution in [2.75, 3.05) is 26.2 Å². The summed E-state index contributed by atoms with van der Waals surface area (Å²) in [6.07, 6.45) is 16.4. The molecule has 0 aliphatic heterocycles. The van der Waals surface area contributed by atoms with Crippen LogP contribution >= 0.6 is 0 Å². The highest BCUT2D eigenvalue weighted by Crippen LogP contribution is 2.06. The molecule has 0 saturated heterocycles. The van der Waals surface area contributed by atoms with Gasteiger partial charge in [0, 0.05) is 51.0 Å². The largest absolute Gasteiger partial charge is 0.338 e. The summed E-state index contributed by atoms with van der Waals surface area (Å²) in [5.41, 5.74) is 2.34. The van der Waals surface area contributed by atoms with Crippen LogP contribution in [0, 0.1) is 0 Å². The molecule has 0 saturated carbocycles. The first-order valence-electron chi connectivity index (χ1n) is 12.1. The van der Waals surface area contributed by atoms with Crippen molar-refractivity contribution in [3.05, 3.63) is 60.2 Å². The SMILES string of the molecule is O=C(NCCCCCCCCCNC(=O)NCCc1ccncc1)NCCc1ccncc1. The van der Waals surface area contributed by atoms with Gasteiger partial charge < -0.3 is 21.3 Å². The molecule has 0 fully saturated rings. The molecule has 4 N–H and O–H groups in total. The Morgan fingerprint density at radius 1 is 0.515 bits per heavy atom. The van der Waals surface area contributed by atoms with Crippen LogP contribution in [-0.2, 0) is 12.8 Å². The molecule has 4 amide bonds. The monoisotopic (exact) mass is 454 g/mol. The van der Waals surface area contributed by atoms with Crippen LogP contribution in [0.1, 0.15) is 56.1 Å².